The summed E-state index contributed by atoms with van der Waals surface area (Å²) >= 11 is 3.40. The van der Waals surface area contributed by atoms with Gasteiger partial charge in [-0.05, 0) is 70.6 Å². The zero-order chi connectivity index (χ0) is 17.0. The lowest BCUT2D eigenvalue weighted by atomic mass is 10.0. The molecule has 0 radical (unpaired) electrons. The number of pyridine rings is 1. The number of rotatable bonds is 3. The molecular weight excluding hydrogens is 362 g/mol. The highest BCUT2D eigenvalue weighted by molar-refractivity contribution is 9.10. The van der Waals surface area contributed by atoms with Crippen LogP contribution in [0.5, 0.6) is 0 Å². The summed E-state index contributed by atoms with van der Waals surface area (Å²) in [7, 11) is 0. The second kappa shape index (κ2) is 7.49. The molecule has 1 heterocycles. The van der Waals surface area contributed by atoms with Crippen LogP contribution in [0.3, 0.4) is 0 Å². The quantitative estimate of drug-likeness (QED) is 0.811. The molecule has 118 valence electrons. The van der Waals surface area contributed by atoms with E-state index in [0.29, 0.717) is 17.0 Å². The van der Waals surface area contributed by atoms with Gasteiger partial charge in [0.1, 0.15) is 17.3 Å². The maximum atomic E-state index is 13.3. The van der Waals surface area contributed by atoms with Gasteiger partial charge in [0, 0.05) is 10.5 Å². The predicted molar refractivity (Wildman–Crippen MR) is 90.6 cm³/mol. The van der Waals surface area contributed by atoms with Crippen LogP contribution in [0.1, 0.15) is 29.9 Å². The van der Waals surface area contributed by atoms with Crippen LogP contribution in [0, 0.1) is 23.5 Å². The number of halogens is 3. The molecule has 0 spiro atoms. The molecule has 0 aliphatic carbocycles. The number of nitrogens with two attached hydrogens (primary N) is 1. The third kappa shape index (κ3) is 4.98. The van der Waals surface area contributed by atoms with Crippen LogP contribution in [-0.2, 0) is 6.42 Å². The number of nitrogens with zero attached hydrogens (tertiary/aromatic N) is 1. The van der Waals surface area contributed by atoms with Gasteiger partial charge in [-0.1, -0.05) is 12.5 Å². The summed E-state index contributed by atoms with van der Waals surface area (Å²) in [6.07, 6.45) is 0.262. The van der Waals surface area contributed by atoms with Crippen LogP contribution in [0.25, 0.3) is 0 Å². The Morgan fingerprint density at radius 1 is 1.30 bits per heavy atom. The molecular formula is C18H15BrF2N2. The van der Waals surface area contributed by atoms with E-state index >= 15 is 0 Å². The van der Waals surface area contributed by atoms with E-state index in [-0.39, 0.29) is 6.42 Å². The third-order valence-electron chi connectivity index (χ3n) is 3.01. The molecule has 0 amide bonds. The van der Waals surface area contributed by atoms with Gasteiger partial charge in [-0.15, -0.1) is 0 Å². The van der Waals surface area contributed by atoms with E-state index in [0.717, 1.165) is 16.1 Å². The Hall–Kier alpha value is -2.03. The highest BCUT2D eigenvalue weighted by atomic mass is 79.9. The third-order valence-corrected chi connectivity index (χ3v) is 3.68. The second-order valence-corrected chi connectivity index (χ2v) is 6.04. The SMILES string of the molecule is C=C(C)C#Cc1ccc(Br)c([C@@H](N)Cc2cc(F)cc(F)c2)n1. The van der Waals surface area contributed by atoms with Gasteiger partial charge in [0.25, 0.3) is 0 Å². The van der Waals surface area contributed by atoms with Crippen molar-refractivity contribution in [3.05, 3.63) is 75.5 Å². The van der Waals surface area contributed by atoms with Gasteiger partial charge in [0.2, 0.25) is 0 Å². The van der Waals surface area contributed by atoms with Gasteiger partial charge in [0.15, 0.2) is 0 Å². The second-order valence-electron chi connectivity index (χ2n) is 5.18. The van der Waals surface area contributed by atoms with Crippen molar-refractivity contribution in [2.24, 2.45) is 5.73 Å². The van der Waals surface area contributed by atoms with Crippen LogP contribution in [0.15, 0.2) is 47.0 Å². The van der Waals surface area contributed by atoms with Gasteiger partial charge in [-0.2, -0.15) is 0 Å². The van der Waals surface area contributed by atoms with E-state index in [9.17, 15) is 8.78 Å². The first-order valence-electron chi connectivity index (χ1n) is 6.89. The maximum Gasteiger partial charge on any atom is 0.126 e. The molecule has 1 atom stereocenters. The molecule has 23 heavy (non-hydrogen) atoms. The first-order valence-corrected chi connectivity index (χ1v) is 7.69. The number of benzene rings is 1. The number of aromatic nitrogens is 1. The largest absolute Gasteiger partial charge is 0.322 e. The molecule has 0 fully saturated rings. The molecule has 1 aromatic heterocycles. The summed E-state index contributed by atoms with van der Waals surface area (Å²) < 4.78 is 27.3. The lowest BCUT2D eigenvalue weighted by Gasteiger charge is -2.13. The maximum absolute atomic E-state index is 13.3. The van der Waals surface area contributed by atoms with Crippen LogP contribution >= 0.6 is 15.9 Å². The standard InChI is InChI=1S/C18H15BrF2N2/c1-11(2)3-4-15-5-6-16(19)18(23-15)17(22)9-12-7-13(20)10-14(21)8-12/h5-8,10,17H,1,9,22H2,2H3/t17-/m0/s1. The van der Waals surface area contributed by atoms with Gasteiger partial charge in [-0.3, -0.25) is 0 Å². The fourth-order valence-corrected chi connectivity index (χ4v) is 2.55. The van der Waals surface area contributed by atoms with E-state index in [1.807, 2.05) is 0 Å². The molecule has 2 aromatic rings. The normalized spacial score (nSPS) is 11.5. The molecule has 0 bridgehead atoms. The van der Waals surface area contributed by atoms with Gasteiger partial charge in [0.05, 0.1) is 11.7 Å². The van der Waals surface area contributed by atoms with E-state index in [4.69, 9.17) is 5.73 Å². The summed E-state index contributed by atoms with van der Waals surface area (Å²) in [4.78, 5) is 4.41. The Morgan fingerprint density at radius 3 is 2.57 bits per heavy atom. The molecule has 1 aromatic carbocycles. The number of allylic oxidation sites excluding steroid dienone is 1. The Kier molecular flexibility index (Phi) is 5.64. The van der Waals surface area contributed by atoms with Crippen LogP contribution in [0.4, 0.5) is 8.78 Å². The molecule has 5 heteroatoms. The van der Waals surface area contributed by atoms with Gasteiger partial charge in [-0.25, -0.2) is 13.8 Å². The first-order chi connectivity index (χ1) is 10.8. The molecule has 0 saturated heterocycles. The highest BCUT2D eigenvalue weighted by Gasteiger charge is 2.14. The minimum absolute atomic E-state index is 0.262. The summed E-state index contributed by atoms with van der Waals surface area (Å²) in [6, 6.07) is 6.41. The topological polar surface area (TPSA) is 38.9 Å². The van der Waals surface area contributed by atoms with Crippen LogP contribution in [0.2, 0.25) is 0 Å². The molecule has 2 rings (SSSR count). The average Bonchev–Trinajstić information content (AvgIpc) is 2.45. The van der Waals surface area contributed by atoms with Crippen molar-refractivity contribution in [3.8, 4) is 11.8 Å². The molecule has 0 aliphatic heterocycles. The zero-order valence-corrected chi connectivity index (χ0v) is 14.1. The monoisotopic (exact) mass is 376 g/mol. The minimum Gasteiger partial charge on any atom is -0.322 e. The van der Waals surface area contributed by atoms with E-state index < -0.39 is 17.7 Å². The van der Waals surface area contributed by atoms with Crippen molar-refractivity contribution in [1.29, 1.82) is 0 Å². The van der Waals surface area contributed by atoms with Crippen molar-refractivity contribution in [3.63, 3.8) is 0 Å². The smallest absolute Gasteiger partial charge is 0.126 e. The Morgan fingerprint density at radius 2 is 1.96 bits per heavy atom. The molecule has 2 nitrogen and oxygen atoms in total. The van der Waals surface area contributed by atoms with Crippen LogP contribution in [-0.4, -0.2) is 4.98 Å². The van der Waals surface area contributed by atoms with Crippen LogP contribution < -0.4 is 5.73 Å². The summed E-state index contributed by atoms with van der Waals surface area (Å²) in [5.74, 6) is 4.49. The number of hydrogen-bond donors (Lipinski definition) is 1. The molecule has 2 N–H and O–H groups in total. The molecule has 0 unspecified atom stereocenters. The van der Waals surface area contributed by atoms with E-state index in [1.165, 1.54) is 12.1 Å². The van der Waals surface area contributed by atoms with Gasteiger partial charge >= 0.3 is 0 Å². The van der Waals surface area contributed by atoms with E-state index in [1.54, 1.807) is 19.1 Å². The predicted octanol–water partition coefficient (Wildman–Crippen LogP) is 4.29. The summed E-state index contributed by atoms with van der Waals surface area (Å²) in [5.41, 5.74) is 8.50. The van der Waals surface area contributed by atoms with Crippen molar-refractivity contribution in [2.45, 2.75) is 19.4 Å². The molecule has 0 saturated carbocycles. The Bertz CT molecular complexity index is 786. The fourth-order valence-electron chi connectivity index (χ4n) is 2.04. The lowest BCUT2D eigenvalue weighted by molar-refractivity contribution is 0.575. The number of hydrogen-bond acceptors (Lipinski definition) is 2. The average molecular weight is 377 g/mol. The van der Waals surface area contributed by atoms with E-state index in [2.05, 4.69) is 39.3 Å². The first kappa shape index (κ1) is 17.3. The zero-order valence-electron chi connectivity index (χ0n) is 12.5. The van der Waals surface area contributed by atoms with Crippen molar-refractivity contribution in [2.75, 3.05) is 0 Å². The minimum atomic E-state index is -0.625. The van der Waals surface area contributed by atoms with Crippen molar-refractivity contribution in [1.82, 2.24) is 4.98 Å². The molecule has 0 aliphatic rings. The Labute approximate surface area is 142 Å². The fraction of sp³-hybridized carbons (Fsp3) is 0.167. The summed E-state index contributed by atoms with van der Waals surface area (Å²) in [5, 5.41) is 0. The lowest BCUT2D eigenvalue weighted by Crippen LogP contribution is -2.16. The van der Waals surface area contributed by atoms with Crippen molar-refractivity contribution < 1.29 is 8.78 Å². The summed E-state index contributed by atoms with van der Waals surface area (Å²) in [6.45, 7) is 5.51. The van der Waals surface area contributed by atoms with Crippen molar-refractivity contribution >= 4 is 15.9 Å². The Balaban J connectivity index is 2.28. The van der Waals surface area contributed by atoms with Gasteiger partial charge < -0.3 is 5.73 Å². The highest BCUT2D eigenvalue weighted by Crippen LogP contribution is 2.23.